The second-order valence-corrected chi connectivity index (χ2v) is 10.7. The number of nitriles is 1. The van der Waals surface area contributed by atoms with Crippen LogP contribution >= 0.6 is 0 Å². The second kappa shape index (κ2) is 14.3. The number of rotatable bonds is 11. The number of hydrogen-bond acceptors (Lipinski definition) is 8. The van der Waals surface area contributed by atoms with E-state index in [1.165, 1.54) is 7.11 Å². The van der Waals surface area contributed by atoms with Gasteiger partial charge in [-0.15, -0.1) is 0 Å². The maximum Gasteiger partial charge on any atom is 0.338 e. The van der Waals surface area contributed by atoms with Gasteiger partial charge in [-0.3, -0.25) is 4.79 Å². The number of nitrogens with zero attached hydrogens (tertiary/aromatic N) is 3. The largest absolute Gasteiger partial charge is 0.493 e. The quantitative estimate of drug-likeness (QED) is 0.124. The van der Waals surface area contributed by atoms with Gasteiger partial charge in [-0.05, 0) is 56.2 Å². The summed E-state index contributed by atoms with van der Waals surface area (Å²) in [6.45, 7) is 5.64. The molecule has 12 nitrogen and oxygen atoms in total. The molecule has 5 rings (SSSR count). The number of carbonyl (C=O) groups is 3. The average Bonchev–Trinajstić information content (AvgIpc) is 3.33. The van der Waals surface area contributed by atoms with Crippen molar-refractivity contribution in [3.05, 3.63) is 106 Å². The van der Waals surface area contributed by atoms with Crippen LogP contribution in [0.15, 0.2) is 83.1 Å². The molecule has 0 aliphatic carbocycles. The molecule has 0 unspecified atom stereocenters. The van der Waals surface area contributed by atoms with Crippen LogP contribution in [-0.2, 0) is 20.9 Å². The summed E-state index contributed by atoms with van der Waals surface area (Å²) in [5.74, 6) is -0.465. The number of ether oxygens (including phenoxy) is 3. The maximum absolute atomic E-state index is 12.7. The Balaban J connectivity index is 1.28. The Morgan fingerprint density at radius 1 is 1.09 bits per heavy atom. The summed E-state index contributed by atoms with van der Waals surface area (Å²) in [6.07, 6.45) is 1.60. The fraction of sp³-hybridized carbons (Fsp3) is 0.229. The fourth-order valence-electron chi connectivity index (χ4n) is 5.51. The molecule has 3 aromatic carbocycles. The molecule has 47 heavy (non-hydrogen) atoms. The number of amides is 3. The molecule has 0 saturated carbocycles. The monoisotopic (exact) mass is 634 g/mol. The Bertz CT molecular complexity index is 1950. The van der Waals surface area contributed by atoms with Crippen LogP contribution in [0.2, 0.25) is 0 Å². The number of urea groups is 1. The molecule has 240 valence electrons. The molecular weight excluding hydrogens is 600 g/mol. The summed E-state index contributed by atoms with van der Waals surface area (Å²) in [6, 6.07) is 21.3. The van der Waals surface area contributed by atoms with Crippen molar-refractivity contribution >= 4 is 35.0 Å². The highest BCUT2D eigenvalue weighted by Crippen LogP contribution is 2.34. The molecule has 0 radical (unpaired) electrons. The van der Waals surface area contributed by atoms with Crippen molar-refractivity contribution in [1.29, 1.82) is 5.26 Å². The Hall–Kier alpha value is -6.09. The normalized spacial score (nSPS) is 14.4. The van der Waals surface area contributed by atoms with Crippen molar-refractivity contribution in [3.8, 4) is 17.6 Å². The van der Waals surface area contributed by atoms with Crippen LogP contribution in [0.3, 0.4) is 0 Å². The zero-order valence-corrected chi connectivity index (χ0v) is 26.4. The molecule has 2 heterocycles. The first-order valence-electron chi connectivity index (χ1n) is 14.9. The molecule has 3 amide bonds. The van der Waals surface area contributed by atoms with Crippen molar-refractivity contribution in [2.24, 2.45) is 5.10 Å². The van der Waals surface area contributed by atoms with Gasteiger partial charge < -0.3 is 29.4 Å². The number of benzene rings is 3. The summed E-state index contributed by atoms with van der Waals surface area (Å²) in [7, 11) is 1.45. The highest BCUT2D eigenvalue weighted by Gasteiger charge is 2.32. The fourth-order valence-corrected chi connectivity index (χ4v) is 5.51. The summed E-state index contributed by atoms with van der Waals surface area (Å²) in [4.78, 5) is 37.6. The molecule has 0 saturated heterocycles. The highest BCUT2D eigenvalue weighted by molar-refractivity contribution is 6.01. The summed E-state index contributed by atoms with van der Waals surface area (Å²) >= 11 is 0. The molecule has 1 atom stereocenters. The van der Waals surface area contributed by atoms with Crippen LogP contribution in [0.5, 0.6) is 11.5 Å². The number of allylic oxidation sites excluding steroid dienone is 1. The number of aromatic nitrogens is 1. The zero-order valence-electron chi connectivity index (χ0n) is 26.4. The van der Waals surface area contributed by atoms with Gasteiger partial charge in [-0.25, -0.2) is 15.0 Å². The predicted octanol–water partition coefficient (Wildman–Crippen LogP) is 4.60. The van der Waals surface area contributed by atoms with Gasteiger partial charge in [0.1, 0.15) is 0 Å². The lowest BCUT2D eigenvalue weighted by Crippen LogP contribution is -2.45. The minimum atomic E-state index is -0.779. The first-order chi connectivity index (χ1) is 22.7. The van der Waals surface area contributed by atoms with Crippen LogP contribution in [0.1, 0.15) is 47.8 Å². The van der Waals surface area contributed by atoms with E-state index in [0.29, 0.717) is 29.1 Å². The second-order valence-electron chi connectivity index (χ2n) is 10.7. The number of nitrogens with one attached hydrogen (secondary N) is 3. The third-order valence-electron chi connectivity index (χ3n) is 7.77. The smallest absolute Gasteiger partial charge is 0.338 e. The third kappa shape index (κ3) is 6.94. The number of esters is 1. The number of methoxy groups -OCH3 is 1. The van der Waals surface area contributed by atoms with E-state index in [1.54, 1.807) is 44.3 Å². The van der Waals surface area contributed by atoms with Crippen LogP contribution < -0.4 is 25.5 Å². The molecule has 1 aliphatic heterocycles. The van der Waals surface area contributed by atoms with Crippen LogP contribution in [-0.4, -0.2) is 49.0 Å². The van der Waals surface area contributed by atoms with Crippen LogP contribution in [0.25, 0.3) is 10.9 Å². The number of para-hydroxylation sites is 1. The van der Waals surface area contributed by atoms with Crippen molar-refractivity contribution in [3.63, 3.8) is 0 Å². The summed E-state index contributed by atoms with van der Waals surface area (Å²) in [5.41, 5.74) is 8.00. The van der Waals surface area contributed by atoms with E-state index in [4.69, 9.17) is 14.2 Å². The van der Waals surface area contributed by atoms with E-state index in [1.807, 2.05) is 49.4 Å². The van der Waals surface area contributed by atoms with E-state index in [2.05, 4.69) is 31.8 Å². The van der Waals surface area contributed by atoms with Gasteiger partial charge in [0.2, 0.25) is 0 Å². The molecule has 1 aromatic heterocycles. The van der Waals surface area contributed by atoms with E-state index < -0.39 is 23.9 Å². The van der Waals surface area contributed by atoms with E-state index in [0.717, 1.165) is 27.7 Å². The lowest BCUT2D eigenvalue weighted by Gasteiger charge is -2.28. The molecule has 0 bridgehead atoms. The molecule has 0 fully saturated rings. The number of fused-ring (bicyclic) bond motifs is 1. The Morgan fingerprint density at radius 3 is 2.62 bits per heavy atom. The Labute approximate surface area is 271 Å². The van der Waals surface area contributed by atoms with Crippen molar-refractivity contribution < 1.29 is 28.6 Å². The van der Waals surface area contributed by atoms with Gasteiger partial charge in [-0.2, -0.15) is 10.4 Å². The predicted molar refractivity (Wildman–Crippen MR) is 175 cm³/mol. The number of hydrogen-bond donors (Lipinski definition) is 3. The third-order valence-corrected chi connectivity index (χ3v) is 7.77. The summed E-state index contributed by atoms with van der Waals surface area (Å²) < 4.78 is 18.5. The number of carbonyl (C=O) groups excluding carboxylic acids is 3. The SMILES string of the molecule is CCOC(=O)C1=C(C)NC(=O)N[C@H]1c1ccc(OCC(=O)N/N=C/c2c(C)n(Cc3ccccc3C#N)c3ccccc23)c(OC)c1. The van der Waals surface area contributed by atoms with Crippen molar-refractivity contribution in [1.82, 2.24) is 20.6 Å². The molecular formula is C35H34N6O6. The van der Waals surface area contributed by atoms with Crippen molar-refractivity contribution in [2.75, 3.05) is 20.3 Å². The summed E-state index contributed by atoms with van der Waals surface area (Å²) in [5, 5.41) is 20.1. The molecule has 4 aromatic rings. The average molecular weight is 635 g/mol. The Morgan fingerprint density at radius 2 is 1.85 bits per heavy atom. The van der Waals surface area contributed by atoms with E-state index in [-0.39, 0.29) is 24.5 Å². The standard InChI is InChI=1S/C35H34N6O6/c1-5-46-34(43)32-21(2)38-35(44)39-33(32)23-14-15-29(30(16-23)45-4)47-20-31(42)40-37-18-27-22(3)41(28-13-9-8-12-26(27)28)19-25-11-7-6-10-24(25)17-36/h6-16,18,33H,5,19-20H2,1-4H3,(H,40,42)(H2,38,39,44)/b37-18+/t33-/m0/s1. The molecule has 12 heteroatoms. The van der Waals surface area contributed by atoms with Gasteiger partial charge in [0.15, 0.2) is 18.1 Å². The Kier molecular flexibility index (Phi) is 9.86. The van der Waals surface area contributed by atoms with Gasteiger partial charge in [0.25, 0.3) is 5.91 Å². The lowest BCUT2D eigenvalue weighted by molar-refractivity contribution is -0.139. The molecule has 1 aliphatic rings. The zero-order chi connectivity index (χ0) is 33.5. The highest BCUT2D eigenvalue weighted by atomic mass is 16.5. The minimum absolute atomic E-state index is 0.180. The van der Waals surface area contributed by atoms with Crippen LogP contribution in [0, 0.1) is 18.3 Å². The first-order valence-corrected chi connectivity index (χ1v) is 14.9. The van der Waals surface area contributed by atoms with Gasteiger partial charge in [0.05, 0.1) is 43.2 Å². The number of hydrazone groups is 1. The lowest BCUT2D eigenvalue weighted by atomic mass is 9.95. The topological polar surface area (TPSA) is 156 Å². The molecule has 3 N–H and O–H groups in total. The van der Waals surface area contributed by atoms with E-state index >= 15 is 0 Å². The first kappa shape index (κ1) is 32.3. The van der Waals surface area contributed by atoms with Crippen LogP contribution in [0.4, 0.5) is 4.79 Å². The van der Waals surface area contributed by atoms with Gasteiger partial charge in [0, 0.05) is 34.4 Å². The van der Waals surface area contributed by atoms with E-state index in [9.17, 15) is 19.6 Å². The maximum atomic E-state index is 12.7. The minimum Gasteiger partial charge on any atom is -0.493 e. The molecule has 0 spiro atoms. The van der Waals surface area contributed by atoms with Crippen molar-refractivity contribution in [2.45, 2.75) is 33.4 Å². The van der Waals surface area contributed by atoms with Gasteiger partial charge >= 0.3 is 12.0 Å². The van der Waals surface area contributed by atoms with Gasteiger partial charge in [-0.1, -0.05) is 42.5 Å².